The molecule has 0 saturated heterocycles. The van der Waals surface area contributed by atoms with Gasteiger partial charge >= 0.3 is 0 Å². The molecule has 0 spiro atoms. The molecule has 0 radical (unpaired) electrons. The lowest BCUT2D eigenvalue weighted by molar-refractivity contribution is 0.200. The normalized spacial score (nSPS) is 11.6. The summed E-state index contributed by atoms with van der Waals surface area (Å²) in [6.07, 6.45) is 4.34. The molecule has 0 bridgehead atoms. The number of rotatable bonds is 6. The van der Waals surface area contributed by atoms with E-state index in [1.54, 1.807) is 18.4 Å². The van der Waals surface area contributed by atoms with Crippen LogP contribution in [0.5, 0.6) is 0 Å². The van der Waals surface area contributed by atoms with Crippen LogP contribution in [0.2, 0.25) is 0 Å². The molecule has 1 N–H and O–H groups in total. The SMILES string of the molecule is COCCNCC=Cc1csc2ccccc12. The molecule has 0 atom stereocenters. The van der Waals surface area contributed by atoms with E-state index in [1.807, 2.05) is 0 Å². The van der Waals surface area contributed by atoms with E-state index in [-0.39, 0.29) is 0 Å². The fourth-order valence-corrected chi connectivity index (χ4v) is 2.60. The third-order valence-corrected chi connectivity index (χ3v) is 3.54. The van der Waals surface area contributed by atoms with Crippen LogP contribution in [0.15, 0.2) is 35.7 Å². The van der Waals surface area contributed by atoms with Crippen LogP contribution in [0.1, 0.15) is 5.56 Å². The van der Waals surface area contributed by atoms with Crippen LogP contribution in [0.25, 0.3) is 16.2 Å². The third-order valence-electron chi connectivity index (χ3n) is 2.55. The topological polar surface area (TPSA) is 21.3 Å². The molecule has 0 aliphatic heterocycles. The van der Waals surface area contributed by atoms with Crippen molar-refractivity contribution < 1.29 is 4.74 Å². The van der Waals surface area contributed by atoms with Gasteiger partial charge in [-0.3, -0.25) is 0 Å². The summed E-state index contributed by atoms with van der Waals surface area (Å²) in [6.45, 7) is 2.54. The Kier molecular flexibility index (Phi) is 4.74. The van der Waals surface area contributed by atoms with Crippen LogP contribution in [-0.2, 0) is 4.74 Å². The summed E-state index contributed by atoms with van der Waals surface area (Å²) in [6, 6.07) is 8.50. The number of ether oxygens (including phenoxy) is 1. The monoisotopic (exact) mass is 247 g/mol. The van der Waals surface area contributed by atoms with E-state index in [0.29, 0.717) is 0 Å². The Labute approximate surface area is 106 Å². The van der Waals surface area contributed by atoms with E-state index in [0.717, 1.165) is 19.7 Å². The summed E-state index contributed by atoms with van der Waals surface area (Å²) in [5.41, 5.74) is 1.30. The standard InChI is InChI=1S/C14H17NOS/c1-16-10-9-15-8-4-5-12-11-17-14-7-3-2-6-13(12)14/h2-7,11,15H,8-10H2,1H3. The van der Waals surface area contributed by atoms with Crippen molar-refractivity contribution in [2.45, 2.75) is 0 Å². The van der Waals surface area contributed by atoms with Crippen molar-refractivity contribution in [2.75, 3.05) is 26.8 Å². The number of hydrogen-bond donors (Lipinski definition) is 1. The van der Waals surface area contributed by atoms with Gasteiger partial charge < -0.3 is 10.1 Å². The second kappa shape index (κ2) is 6.55. The maximum atomic E-state index is 4.97. The molecule has 0 saturated carbocycles. The Hall–Kier alpha value is -1.16. The van der Waals surface area contributed by atoms with Gasteiger partial charge in [0, 0.05) is 24.9 Å². The molecule has 90 valence electrons. The zero-order chi connectivity index (χ0) is 11.9. The quantitative estimate of drug-likeness (QED) is 0.792. The van der Waals surface area contributed by atoms with Crippen LogP contribution in [0.3, 0.4) is 0 Å². The zero-order valence-corrected chi connectivity index (χ0v) is 10.8. The van der Waals surface area contributed by atoms with Crippen molar-refractivity contribution in [3.63, 3.8) is 0 Å². The number of hydrogen-bond acceptors (Lipinski definition) is 3. The van der Waals surface area contributed by atoms with Gasteiger partial charge in [-0.05, 0) is 22.4 Å². The van der Waals surface area contributed by atoms with Gasteiger partial charge in [-0.25, -0.2) is 0 Å². The minimum atomic E-state index is 0.759. The van der Waals surface area contributed by atoms with Crippen LogP contribution >= 0.6 is 11.3 Å². The first-order chi connectivity index (χ1) is 8.42. The summed E-state index contributed by atoms with van der Waals surface area (Å²) in [7, 11) is 1.72. The van der Waals surface area contributed by atoms with Crippen molar-refractivity contribution in [1.29, 1.82) is 0 Å². The molecular formula is C14H17NOS. The molecule has 1 aromatic carbocycles. The first-order valence-corrected chi connectivity index (χ1v) is 6.62. The smallest absolute Gasteiger partial charge is 0.0587 e. The molecule has 0 aliphatic rings. The second-order valence-corrected chi connectivity index (χ2v) is 4.70. The maximum Gasteiger partial charge on any atom is 0.0587 e. The number of nitrogens with one attached hydrogen (secondary N) is 1. The molecule has 2 aromatic rings. The lowest BCUT2D eigenvalue weighted by Gasteiger charge is -1.98. The average molecular weight is 247 g/mol. The Morgan fingerprint density at radius 2 is 2.24 bits per heavy atom. The van der Waals surface area contributed by atoms with Gasteiger partial charge in [0.15, 0.2) is 0 Å². The molecular weight excluding hydrogens is 230 g/mol. The third kappa shape index (κ3) is 3.40. The summed E-state index contributed by atoms with van der Waals surface area (Å²) < 4.78 is 6.31. The van der Waals surface area contributed by atoms with E-state index in [2.05, 4.69) is 47.1 Å². The first kappa shape index (κ1) is 12.3. The number of methoxy groups -OCH3 is 1. The molecule has 1 aromatic heterocycles. The molecule has 17 heavy (non-hydrogen) atoms. The van der Waals surface area contributed by atoms with Crippen LogP contribution in [0.4, 0.5) is 0 Å². The number of fused-ring (bicyclic) bond motifs is 1. The van der Waals surface area contributed by atoms with Gasteiger partial charge in [-0.15, -0.1) is 11.3 Å². The fraction of sp³-hybridized carbons (Fsp3) is 0.286. The summed E-state index contributed by atoms with van der Waals surface area (Å²) >= 11 is 1.79. The highest BCUT2D eigenvalue weighted by molar-refractivity contribution is 7.17. The van der Waals surface area contributed by atoms with Gasteiger partial charge in [0.05, 0.1) is 6.61 Å². The zero-order valence-electron chi connectivity index (χ0n) is 9.98. The average Bonchev–Trinajstić information content (AvgIpc) is 2.77. The molecule has 3 heteroatoms. The lowest BCUT2D eigenvalue weighted by Crippen LogP contribution is -2.18. The minimum Gasteiger partial charge on any atom is -0.383 e. The van der Waals surface area contributed by atoms with Crippen molar-refractivity contribution >= 4 is 27.5 Å². The molecule has 2 rings (SSSR count). The highest BCUT2D eigenvalue weighted by Crippen LogP contribution is 2.26. The first-order valence-electron chi connectivity index (χ1n) is 5.74. The van der Waals surface area contributed by atoms with Gasteiger partial charge in [0.2, 0.25) is 0 Å². The molecule has 0 unspecified atom stereocenters. The molecule has 0 amide bonds. The van der Waals surface area contributed by atoms with Gasteiger partial charge in [-0.1, -0.05) is 30.4 Å². The van der Waals surface area contributed by atoms with E-state index >= 15 is 0 Å². The Morgan fingerprint density at radius 3 is 3.12 bits per heavy atom. The van der Waals surface area contributed by atoms with Gasteiger partial charge in [0.25, 0.3) is 0 Å². The Morgan fingerprint density at radius 1 is 1.35 bits per heavy atom. The largest absolute Gasteiger partial charge is 0.383 e. The van der Waals surface area contributed by atoms with Gasteiger partial charge in [0.1, 0.15) is 0 Å². The highest BCUT2D eigenvalue weighted by atomic mass is 32.1. The van der Waals surface area contributed by atoms with Crippen LogP contribution < -0.4 is 5.32 Å². The highest BCUT2D eigenvalue weighted by Gasteiger charge is 1.98. The number of benzene rings is 1. The predicted octanol–water partition coefficient (Wildman–Crippen LogP) is 3.15. The Balaban J connectivity index is 1.92. The van der Waals surface area contributed by atoms with E-state index < -0.39 is 0 Å². The molecule has 0 aliphatic carbocycles. The Bertz CT molecular complexity index is 490. The van der Waals surface area contributed by atoms with Crippen molar-refractivity contribution in [3.05, 3.63) is 41.3 Å². The summed E-state index contributed by atoms with van der Waals surface area (Å²) in [4.78, 5) is 0. The molecule has 0 fully saturated rings. The minimum absolute atomic E-state index is 0.759. The lowest BCUT2D eigenvalue weighted by atomic mass is 10.2. The van der Waals surface area contributed by atoms with Gasteiger partial charge in [-0.2, -0.15) is 0 Å². The second-order valence-electron chi connectivity index (χ2n) is 3.79. The van der Waals surface area contributed by atoms with E-state index in [9.17, 15) is 0 Å². The maximum absolute atomic E-state index is 4.97. The number of thiophene rings is 1. The van der Waals surface area contributed by atoms with Crippen LogP contribution in [-0.4, -0.2) is 26.8 Å². The van der Waals surface area contributed by atoms with Crippen molar-refractivity contribution in [1.82, 2.24) is 5.32 Å². The van der Waals surface area contributed by atoms with Crippen molar-refractivity contribution in [2.24, 2.45) is 0 Å². The predicted molar refractivity (Wildman–Crippen MR) is 75.6 cm³/mol. The summed E-state index contributed by atoms with van der Waals surface area (Å²) in [5.74, 6) is 0. The summed E-state index contributed by atoms with van der Waals surface area (Å²) in [5, 5.41) is 6.83. The van der Waals surface area contributed by atoms with Crippen LogP contribution in [0, 0.1) is 0 Å². The molecule has 2 nitrogen and oxygen atoms in total. The molecule has 1 heterocycles. The van der Waals surface area contributed by atoms with E-state index in [4.69, 9.17) is 4.74 Å². The van der Waals surface area contributed by atoms with Crippen molar-refractivity contribution in [3.8, 4) is 0 Å². The van der Waals surface area contributed by atoms with E-state index in [1.165, 1.54) is 15.6 Å². The fourth-order valence-electron chi connectivity index (χ4n) is 1.67.